The molecule has 1 saturated heterocycles. The standard InChI is InChI=1S/C31H38Cl2N8O3/c1-6-25(42)40-14-12-39(13-15-40)10-7-8-21-19-41-29-20(18-35-31(37-29)34-9-11-38(2)3)16-22(30(41)36-21)26-27(32)23(43-4)17-24(44-5)28(26)33/h6,16-19H,1,7-15H2,2-5H3,(H,34,35,37). The van der Waals surface area contributed by atoms with E-state index in [2.05, 4.69) is 26.7 Å². The number of fused-ring (bicyclic) bond motifs is 3. The van der Waals surface area contributed by atoms with E-state index in [0.29, 0.717) is 58.3 Å². The Morgan fingerprint density at radius 3 is 2.41 bits per heavy atom. The Labute approximate surface area is 267 Å². The molecule has 1 fully saturated rings. The van der Waals surface area contributed by atoms with E-state index in [4.69, 9.17) is 42.6 Å². The van der Waals surface area contributed by atoms with Crippen LogP contribution in [-0.4, -0.2) is 114 Å². The number of carbonyl (C=O) groups excluding carboxylic acids is 1. The van der Waals surface area contributed by atoms with Crippen LogP contribution in [0.25, 0.3) is 27.8 Å². The average molecular weight is 642 g/mol. The molecule has 1 N–H and O–H groups in total. The van der Waals surface area contributed by atoms with Gasteiger partial charge in [0, 0.05) is 74.2 Å². The first-order valence-electron chi connectivity index (χ1n) is 14.5. The highest BCUT2D eigenvalue weighted by Crippen LogP contribution is 2.47. The molecule has 0 aliphatic carbocycles. The Balaban J connectivity index is 1.50. The van der Waals surface area contributed by atoms with Gasteiger partial charge in [-0.05, 0) is 45.6 Å². The number of rotatable bonds is 12. The van der Waals surface area contributed by atoms with Crippen molar-refractivity contribution in [2.24, 2.45) is 0 Å². The van der Waals surface area contributed by atoms with Crippen LogP contribution in [0.4, 0.5) is 5.95 Å². The highest BCUT2D eigenvalue weighted by Gasteiger charge is 2.24. The number of aromatic nitrogens is 4. The zero-order chi connectivity index (χ0) is 31.4. The smallest absolute Gasteiger partial charge is 0.246 e. The molecule has 0 unspecified atom stereocenters. The van der Waals surface area contributed by atoms with Gasteiger partial charge in [0.1, 0.15) is 17.1 Å². The minimum Gasteiger partial charge on any atom is -0.495 e. The van der Waals surface area contributed by atoms with Crippen LogP contribution in [0, 0.1) is 0 Å². The number of nitrogens with one attached hydrogen (secondary N) is 1. The minimum absolute atomic E-state index is 0.00823. The first-order valence-corrected chi connectivity index (χ1v) is 15.3. The normalized spacial score (nSPS) is 14.0. The van der Waals surface area contributed by atoms with Crippen molar-refractivity contribution in [3.63, 3.8) is 0 Å². The van der Waals surface area contributed by atoms with Gasteiger partial charge in [0.05, 0.1) is 30.0 Å². The summed E-state index contributed by atoms with van der Waals surface area (Å²) in [6.45, 7) is 9.17. The van der Waals surface area contributed by atoms with E-state index >= 15 is 0 Å². The summed E-state index contributed by atoms with van der Waals surface area (Å²) in [5, 5.41) is 4.84. The fourth-order valence-electron chi connectivity index (χ4n) is 5.39. The maximum Gasteiger partial charge on any atom is 0.246 e. The van der Waals surface area contributed by atoms with Crippen LogP contribution < -0.4 is 14.8 Å². The Bertz CT molecular complexity index is 1640. The highest BCUT2D eigenvalue weighted by molar-refractivity contribution is 6.41. The zero-order valence-corrected chi connectivity index (χ0v) is 27.1. The number of anilines is 1. The number of nitrogens with zero attached hydrogens (tertiary/aromatic N) is 7. The van der Waals surface area contributed by atoms with E-state index in [-0.39, 0.29) is 5.91 Å². The molecular formula is C31H38Cl2N8O3. The molecule has 234 valence electrons. The topological polar surface area (TPSA) is 100 Å². The van der Waals surface area contributed by atoms with Gasteiger partial charge in [0.15, 0.2) is 5.65 Å². The molecule has 1 aromatic carbocycles. The summed E-state index contributed by atoms with van der Waals surface area (Å²) in [7, 11) is 7.15. The summed E-state index contributed by atoms with van der Waals surface area (Å²) in [4.78, 5) is 32.7. The number of likely N-dealkylation sites (N-methyl/N-ethyl adjacent to an activating group) is 1. The predicted molar refractivity (Wildman–Crippen MR) is 175 cm³/mol. The molecule has 1 amide bonds. The Kier molecular flexibility index (Phi) is 10.1. The molecular weight excluding hydrogens is 603 g/mol. The number of carbonyl (C=O) groups is 1. The lowest BCUT2D eigenvalue weighted by molar-refractivity contribution is -0.127. The third-order valence-corrected chi connectivity index (χ3v) is 8.52. The molecule has 0 bridgehead atoms. The quantitative estimate of drug-likeness (QED) is 0.224. The summed E-state index contributed by atoms with van der Waals surface area (Å²) in [6, 6.07) is 3.63. The first-order chi connectivity index (χ1) is 21.2. The molecule has 0 radical (unpaired) electrons. The van der Waals surface area contributed by atoms with Crippen LogP contribution in [0.2, 0.25) is 10.0 Å². The molecule has 13 heteroatoms. The van der Waals surface area contributed by atoms with Gasteiger partial charge in [-0.1, -0.05) is 29.8 Å². The maximum atomic E-state index is 11.9. The van der Waals surface area contributed by atoms with Gasteiger partial charge in [-0.25, -0.2) is 9.97 Å². The molecule has 11 nitrogen and oxygen atoms in total. The Morgan fingerprint density at radius 2 is 1.77 bits per heavy atom. The van der Waals surface area contributed by atoms with E-state index in [1.165, 1.54) is 6.08 Å². The number of imidazole rings is 1. The lowest BCUT2D eigenvalue weighted by atomic mass is 10.0. The van der Waals surface area contributed by atoms with Gasteiger partial charge in [-0.2, -0.15) is 4.98 Å². The lowest BCUT2D eigenvalue weighted by Gasteiger charge is -2.34. The molecule has 1 aliphatic heterocycles. The van der Waals surface area contributed by atoms with Crippen molar-refractivity contribution < 1.29 is 14.3 Å². The summed E-state index contributed by atoms with van der Waals surface area (Å²) in [6.07, 6.45) is 6.87. The summed E-state index contributed by atoms with van der Waals surface area (Å²) >= 11 is 13.7. The third-order valence-electron chi connectivity index (χ3n) is 7.77. The van der Waals surface area contributed by atoms with Crippen molar-refractivity contribution in [2.45, 2.75) is 12.8 Å². The number of piperazine rings is 1. The number of methoxy groups -OCH3 is 2. The van der Waals surface area contributed by atoms with Gasteiger partial charge < -0.3 is 24.6 Å². The Morgan fingerprint density at radius 1 is 1.07 bits per heavy atom. The van der Waals surface area contributed by atoms with Gasteiger partial charge >= 0.3 is 0 Å². The van der Waals surface area contributed by atoms with Crippen molar-refractivity contribution in [3.8, 4) is 22.6 Å². The molecule has 3 aromatic heterocycles. The number of hydrogen-bond acceptors (Lipinski definition) is 9. The van der Waals surface area contributed by atoms with Crippen LogP contribution in [0.15, 0.2) is 37.2 Å². The molecule has 5 rings (SSSR count). The maximum absolute atomic E-state index is 11.9. The fourth-order valence-corrected chi connectivity index (χ4v) is 6.09. The van der Waals surface area contributed by atoms with Crippen molar-refractivity contribution in [1.82, 2.24) is 34.1 Å². The minimum atomic E-state index is -0.00823. The van der Waals surface area contributed by atoms with Crippen molar-refractivity contribution in [1.29, 1.82) is 0 Å². The number of amides is 1. The second-order valence-electron chi connectivity index (χ2n) is 10.9. The lowest BCUT2D eigenvalue weighted by Crippen LogP contribution is -2.48. The van der Waals surface area contributed by atoms with E-state index in [1.807, 2.05) is 35.7 Å². The number of aryl methyl sites for hydroxylation is 1. The van der Waals surface area contributed by atoms with Gasteiger partial charge in [-0.15, -0.1) is 0 Å². The fraction of sp³-hybridized carbons (Fsp3) is 0.419. The summed E-state index contributed by atoms with van der Waals surface area (Å²) in [5.41, 5.74) is 3.59. The zero-order valence-electron chi connectivity index (χ0n) is 25.6. The van der Waals surface area contributed by atoms with Crippen LogP contribution in [0.3, 0.4) is 0 Å². The van der Waals surface area contributed by atoms with Crippen molar-refractivity contribution >= 4 is 51.7 Å². The van der Waals surface area contributed by atoms with Crippen LogP contribution >= 0.6 is 23.2 Å². The van der Waals surface area contributed by atoms with Gasteiger partial charge in [0.25, 0.3) is 0 Å². The number of halogens is 2. The van der Waals surface area contributed by atoms with Crippen LogP contribution in [0.5, 0.6) is 11.5 Å². The van der Waals surface area contributed by atoms with Gasteiger partial charge in [0.2, 0.25) is 11.9 Å². The molecule has 4 aromatic rings. The molecule has 44 heavy (non-hydrogen) atoms. The van der Waals surface area contributed by atoms with E-state index in [9.17, 15) is 4.79 Å². The molecule has 0 saturated carbocycles. The SMILES string of the molecule is C=CC(=O)N1CCN(CCCc2cn3c(n2)c(-c2c(Cl)c(OC)cc(OC)c2Cl)cc2cnc(NCCN(C)C)nc23)CC1. The van der Waals surface area contributed by atoms with Crippen molar-refractivity contribution in [3.05, 3.63) is 52.9 Å². The van der Waals surface area contributed by atoms with E-state index in [1.54, 1.807) is 26.5 Å². The molecule has 0 atom stereocenters. The largest absolute Gasteiger partial charge is 0.495 e. The number of pyridine rings is 1. The van der Waals surface area contributed by atoms with Crippen LogP contribution in [0.1, 0.15) is 12.1 Å². The third kappa shape index (κ3) is 6.71. The van der Waals surface area contributed by atoms with E-state index in [0.717, 1.165) is 61.3 Å². The molecule has 4 heterocycles. The monoisotopic (exact) mass is 640 g/mol. The summed E-state index contributed by atoms with van der Waals surface area (Å²) in [5.74, 6) is 1.42. The van der Waals surface area contributed by atoms with E-state index < -0.39 is 0 Å². The predicted octanol–water partition coefficient (Wildman–Crippen LogP) is 4.50. The Hall–Kier alpha value is -3.64. The molecule has 0 spiro atoms. The van der Waals surface area contributed by atoms with Crippen molar-refractivity contribution in [2.75, 3.05) is 79.4 Å². The number of ether oxygens (including phenoxy) is 2. The second kappa shape index (κ2) is 14.0. The molecule has 1 aliphatic rings. The number of benzene rings is 1. The van der Waals surface area contributed by atoms with Gasteiger partial charge in [-0.3, -0.25) is 14.1 Å². The van der Waals surface area contributed by atoms with Crippen LogP contribution in [-0.2, 0) is 11.2 Å². The second-order valence-corrected chi connectivity index (χ2v) is 11.7. The first kappa shape index (κ1) is 31.8. The highest BCUT2D eigenvalue weighted by atomic mass is 35.5. The summed E-state index contributed by atoms with van der Waals surface area (Å²) < 4.78 is 13.1. The average Bonchev–Trinajstić information content (AvgIpc) is 3.46. The number of hydrogen-bond donors (Lipinski definition) is 1.